The van der Waals surface area contributed by atoms with Gasteiger partial charge in [-0.2, -0.15) is 0 Å². The van der Waals surface area contributed by atoms with E-state index < -0.39 is 0 Å². The number of piperazine rings is 1. The number of aryl methyl sites for hydroxylation is 1. The Morgan fingerprint density at radius 1 is 1.06 bits per heavy atom. The molecule has 0 unspecified atom stereocenters. The summed E-state index contributed by atoms with van der Waals surface area (Å²) >= 11 is 6.48. The van der Waals surface area contributed by atoms with Crippen LogP contribution in [-0.4, -0.2) is 56.0 Å². The number of amides is 2. The van der Waals surface area contributed by atoms with Crippen LogP contribution in [0.2, 0.25) is 5.02 Å². The predicted octanol–water partition coefficient (Wildman–Crippen LogP) is 3.44. The summed E-state index contributed by atoms with van der Waals surface area (Å²) in [6.07, 6.45) is 2.25. The van der Waals surface area contributed by atoms with Gasteiger partial charge in [0.2, 0.25) is 5.91 Å². The summed E-state index contributed by atoms with van der Waals surface area (Å²) in [5, 5.41) is 3.19. The molecule has 0 atom stereocenters. The monoisotopic (exact) mass is 441 g/mol. The zero-order valence-electron chi connectivity index (χ0n) is 17.8. The first-order chi connectivity index (χ1) is 15.0. The molecule has 0 saturated carbocycles. The minimum atomic E-state index is -0.331. The molecule has 2 aliphatic rings. The van der Waals surface area contributed by atoms with Crippen molar-refractivity contribution in [2.45, 2.75) is 26.2 Å². The van der Waals surface area contributed by atoms with E-state index in [-0.39, 0.29) is 18.2 Å². The number of hydrogen-bond acceptors (Lipinski definition) is 5. The lowest BCUT2D eigenvalue weighted by Gasteiger charge is -2.36. The summed E-state index contributed by atoms with van der Waals surface area (Å²) in [7, 11) is 0. The molecule has 164 valence electrons. The molecule has 31 heavy (non-hydrogen) atoms. The molecule has 2 aliphatic heterocycles. The Balaban J connectivity index is 1.17. The summed E-state index contributed by atoms with van der Waals surface area (Å²) in [6.45, 7) is 7.76. The summed E-state index contributed by atoms with van der Waals surface area (Å²) in [5.41, 5.74) is 3.55. The average Bonchev–Trinajstić information content (AvgIpc) is 2.75. The number of benzene rings is 2. The highest BCUT2D eigenvalue weighted by atomic mass is 35.5. The van der Waals surface area contributed by atoms with Crippen LogP contribution in [0.1, 0.15) is 34.3 Å². The Kier molecular flexibility index (Phi) is 6.78. The topological polar surface area (TPSA) is 61.9 Å². The number of carbonyl (C=O) groups excluding carboxylic acids is 2. The molecule has 4 rings (SSSR count). The largest absolute Gasteiger partial charge is 0.494 e. The number of halogens is 1. The fourth-order valence-corrected chi connectivity index (χ4v) is 4.40. The molecular formula is C24H28ClN3O3. The average molecular weight is 442 g/mol. The van der Waals surface area contributed by atoms with Gasteiger partial charge in [-0.15, -0.1) is 0 Å². The van der Waals surface area contributed by atoms with Crippen molar-refractivity contribution in [1.29, 1.82) is 0 Å². The second kappa shape index (κ2) is 9.71. The fourth-order valence-electron chi connectivity index (χ4n) is 4.15. The molecule has 6 nitrogen and oxygen atoms in total. The number of rotatable bonds is 7. The molecule has 2 aromatic rings. The first-order valence-electron chi connectivity index (χ1n) is 10.8. The molecule has 7 heteroatoms. The van der Waals surface area contributed by atoms with E-state index in [1.165, 1.54) is 0 Å². The predicted molar refractivity (Wildman–Crippen MR) is 122 cm³/mol. The maximum atomic E-state index is 11.8. The number of fused-ring (bicyclic) bond motifs is 1. The highest BCUT2D eigenvalue weighted by molar-refractivity contribution is 6.34. The van der Waals surface area contributed by atoms with Crippen molar-refractivity contribution in [2.75, 3.05) is 44.2 Å². The number of carbonyl (C=O) groups is 2. The van der Waals surface area contributed by atoms with Crippen LogP contribution in [0.3, 0.4) is 0 Å². The summed E-state index contributed by atoms with van der Waals surface area (Å²) in [4.78, 5) is 28.2. The maximum Gasteiger partial charge on any atom is 0.258 e. The van der Waals surface area contributed by atoms with Gasteiger partial charge in [0, 0.05) is 31.7 Å². The quantitative estimate of drug-likeness (QED) is 0.526. The second-order valence-corrected chi connectivity index (χ2v) is 8.54. The highest BCUT2D eigenvalue weighted by Gasteiger charge is 2.22. The van der Waals surface area contributed by atoms with E-state index in [2.05, 4.69) is 27.2 Å². The van der Waals surface area contributed by atoms with Crippen LogP contribution >= 0.6 is 11.6 Å². The third kappa shape index (κ3) is 5.20. The Bertz CT molecular complexity index is 971. The van der Waals surface area contributed by atoms with Gasteiger partial charge < -0.3 is 9.64 Å². The van der Waals surface area contributed by atoms with Gasteiger partial charge in [-0.25, -0.2) is 0 Å². The Morgan fingerprint density at radius 3 is 2.68 bits per heavy atom. The van der Waals surface area contributed by atoms with Gasteiger partial charge in [0.1, 0.15) is 5.75 Å². The number of hydrogen-bond donors (Lipinski definition) is 1. The Labute approximate surface area is 188 Å². The van der Waals surface area contributed by atoms with E-state index in [4.69, 9.17) is 16.3 Å². The van der Waals surface area contributed by atoms with Crippen molar-refractivity contribution < 1.29 is 14.3 Å². The number of unbranched alkanes of at least 4 members (excludes halogenated alkanes) is 1. The summed E-state index contributed by atoms with van der Waals surface area (Å²) in [6, 6.07) is 11.5. The fraction of sp³-hybridized carbons (Fsp3) is 0.417. The lowest BCUT2D eigenvalue weighted by molar-refractivity contribution is -0.119. The maximum absolute atomic E-state index is 11.8. The van der Waals surface area contributed by atoms with Crippen LogP contribution in [0.4, 0.5) is 5.69 Å². The van der Waals surface area contributed by atoms with Crippen LogP contribution in [0.5, 0.6) is 5.75 Å². The lowest BCUT2D eigenvalue weighted by Crippen LogP contribution is -2.46. The number of nitrogens with zero attached hydrogens (tertiary/aromatic N) is 2. The Hall–Kier alpha value is -2.57. The van der Waals surface area contributed by atoms with Crippen molar-refractivity contribution in [3.05, 3.63) is 58.1 Å². The van der Waals surface area contributed by atoms with Crippen LogP contribution in [0.25, 0.3) is 0 Å². The molecular weight excluding hydrogens is 414 g/mol. The molecule has 0 aliphatic carbocycles. The Morgan fingerprint density at radius 2 is 1.87 bits per heavy atom. The third-order valence-electron chi connectivity index (χ3n) is 5.95. The van der Waals surface area contributed by atoms with E-state index in [0.717, 1.165) is 67.4 Å². The van der Waals surface area contributed by atoms with Gasteiger partial charge in [0.25, 0.3) is 5.91 Å². The van der Waals surface area contributed by atoms with Crippen LogP contribution in [0.15, 0.2) is 36.4 Å². The molecule has 0 spiro atoms. The van der Waals surface area contributed by atoms with Crippen LogP contribution < -0.4 is 15.0 Å². The molecule has 2 heterocycles. The zero-order chi connectivity index (χ0) is 21.8. The minimum absolute atomic E-state index is 0.220. The molecule has 0 bridgehead atoms. The van der Waals surface area contributed by atoms with E-state index >= 15 is 0 Å². The van der Waals surface area contributed by atoms with Gasteiger partial charge in [-0.1, -0.05) is 23.7 Å². The van der Waals surface area contributed by atoms with Crippen molar-refractivity contribution in [2.24, 2.45) is 0 Å². The zero-order valence-corrected chi connectivity index (χ0v) is 18.6. The number of anilines is 1. The minimum Gasteiger partial charge on any atom is -0.494 e. The first kappa shape index (κ1) is 21.7. The molecule has 1 fully saturated rings. The van der Waals surface area contributed by atoms with E-state index in [0.29, 0.717) is 17.9 Å². The standard InChI is InChI=1S/C24H28ClN3O3/c1-17-5-4-6-21(23(17)25)28-12-10-27(11-13-28)9-2-3-14-31-19-7-8-20-18(15-19)16-22(29)26-24(20)30/h4-8,15H,2-3,9-14,16H2,1H3,(H,26,29,30). The molecule has 0 aromatic heterocycles. The number of ether oxygens (including phenoxy) is 1. The van der Waals surface area contributed by atoms with Crippen molar-refractivity contribution in [3.8, 4) is 5.75 Å². The van der Waals surface area contributed by atoms with Gasteiger partial charge in [-0.3, -0.25) is 19.8 Å². The molecule has 0 radical (unpaired) electrons. The number of nitrogens with one attached hydrogen (secondary N) is 1. The number of imide groups is 1. The van der Waals surface area contributed by atoms with E-state index in [1.54, 1.807) is 12.1 Å². The second-order valence-electron chi connectivity index (χ2n) is 8.17. The first-order valence-corrected chi connectivity index (χ1v) is 11.2. The van der Waals surface area contributed by atoms with Crippen molar-refractivity contribution >= 4 is 29.1 Å². The van der Waals surface area contributed by atoms with Gasteiger partial charge in [0.05, 0.1) is 23.7 Å². The summed E-state index contributed by atoms with van der Waals surface area (Å²) in [5.74, 6) is 0.117. The highest BCUT2D eigenvalue weighted by Crippen LogP contribution is 2.29. The van der Waals surface area contributed by atoms with Crippen LogP contribution in [0, 0.1) is 6.92 Å². The van der Waals surface area contributed by atoms with E-state index in [9.17, 15) is 9.59 Å². The van der Waals surface area contributed by atoms with Crippen LogP contribution in [-0.2, 0) is 11.2 Å². The van der Waals surface area contributed by atoms with Crippen molar-refractivity contribution in [3.63, 3.8) is 0 Å². The normalized spacial score (nSPS) is 16.8. The van der Waals surface area contributed by atoms with Gasteiger partial charge in [0.15, 0.2) is 0 Å². The van der Waals surface area contributed by atoms with Crippen molar-refractivity contribution in [1.82, 2.24) is 10.2 Å². The molecule has 2 aromatic carbocycles. The van der Waals surface area contributed by atoms with E-state index in [1.807, 2.05) is 19.1 Å². The lowest BCUT2D eigenvalue weighted by atomic mass is 10.00. The molecule has 1 N–H and O–H groups in total. The summed E-state index contributed by atoms with van der Waals surface area (Å²) < 4.78 is 5.85. The van der Waals surface area contributed by atoms with Gasteiger partial charge >= 0.3 is 0 Å². The molecule has 1 saturated heterocycles. The SMILES string of the molecule is Cc1cccc(N2CCN(CCCCOc3ccc4c(c3)CC(=O)NC4=O)CC2)c1Cl. The third-order valence-corrected chi connectivity index (χ3v) is 6.44. The molecule has 2 amide bonds. The smallest absolute Gasteiger partial charge is 0.258 e. The van der Waals surface area contributed by atoms with Gasteiger partial charge in [-0.05, 0) is 61.7 Å².